The van der Waals surface area contributed by atoms with Gasteiger partial charge in [0, 0.05) is 22.5 Å². The number of nitrogens with two attached hydrogens (primary N) is 2. The molecule has 0 spiro atoms. The third kappa shape index (κ3) is 12.6. The van der Waals surface area contributed by atoms with Crippen molar-refractivity contribution in [3.8, 4) is 11.1 Å². The Labute approximate surface area is 255 Å². The number of anilines is 2. The number of nitrogens with one attached hydrogen (secondary N) is 2. The minimum absolute atomic E-state index is 0.000139. The molecule has 0 unspecified atom stereocenters. The van der Waals surface area contributed by atoms with E-state index in [0.29, 0.717) is 0 Å². The van der Waals surface area contributed by atoms with Crippen molar-refractivity contribution in [2.75, 3.05) is 11.5 Å². The van der Waals surface area contributed by atoms with Crippen molar-refractivity contribution >= 4 is 31.6 Å². The van der Waals surface area contributed by atoms with E-state index < -0.39 is 30.0 Å². The molecular weight excluding hydrogens is 576 g/mol. The van der Waals surface area contributed by atoms with Crippen LogP contribution in [0.5, 0.6) is 0 Å². The molecule has 2 aromatic rings. The fourth-order valence-electron chi connectivity index (χ4n) is 5.94. The van der Waals surface area contributed by atoms with E-state index in [4.69, 9.17) is 11.5 Å². The summed E-state index contributed by atoms with van der Waals surface area (Å²) in [6, 6.07) is 11.2. The largest absolute Gasteiger partial charge is 0.744 e. The van der Waals surface area contributed by atoms with Gasteiger partial charge in [-0.3, -0.25) is 0 Å². The number of benzene rings is 2. The first-order valence-corrected chi connectivity index (χ1v) is 17.2. The lowest BCUT2D eigenvalue weighted by molar-refractivity contribution is -0.962. The van der Waals surface area contributed by atoms with Gasteiger partial charge in [0.2, 0.25) is 0 Å². The number of quaternary nitrogens is 2. The smallest absolute Gasteiger partial charge is 0.125 e. The summed E-state index contributed by atoms with van der Waals surface area (Å²) in [4.78, 5) is 1.95. The zero-order chi connectivity index (χ0) is 33.3. The summed E-state index contributed by atoms with van der Waals surface area (Å²) in [7, 11) is -9.87. The lowest BCUT2D eigenvalue weighted by atomic mass is 10.0. The van der Waals surface area contributed by atoms with Gasteiger partial charge in [0.1, 0.15) is 20.2 Å². The van der Waals surface area contributed by atoms with E-state index in [9.17, 15) is 25.9 Å². The molecule has 12 heteroatoms. The Morgan fingerprint density at radius 2 is 0.714 bits per heavy atom. The van der Waals surface area contributed by atoms with Crippen molar-refractivity contribution in [2.45, 2.75) is 129 Å². The van der Waals surface area contributed by atoms with E-state index in [0.717, 1.165) is 60.5 Å². The molecule has 0 heterocycles. The van der Waals surface area contributed by atoms with Crippen molar-refractivity contribution in [3.05, 3.63) is 36.4 Å². The van der Waals surface area contributed by atoms with Gasteiger partial charge >= 0.3 is 0 Å². The molecule has 0 radical (unpaired) electrons. The highest BCUT2D eigenvalue weighted by atomic mass is 32.2. The molecule has 0 fully saturated rings. The number of rotatable bonds is 9. The van der Waals surface area contributed by atoms with Crippen LogP contribution in [0.2, 0.25) is 0 Å². The van der Waals surface area contributed by atoms with E-state index in [1.54, 1.807) is 9.80 Å². The first-order chi connectivity index (χ1) is 18.9. The molecule has 0 amide bonds. The summed E-state index contributed by atoms with van der Waals surface area (Å²) in [5, 5.41) is 0. The minimum Gasteiger partial charge on any atom is -0.744 e. The van der Waals surface area contributed by atoms with Crippen LogP contribution in [-0.4, -0.2) is 62.2 Å². The molecule has 2 aromatic carbocycles. The molecule has 10 nitrogen and oxygen atoms in total. The number of nitrogen functional groups attached to an aromatic ring is 2. The van der Waals surface area contributed by atoms with E-state index >= 15 is 0 Å². The molecule has 0 bridgehead atoms. The van der Waals surface area contributed by atoms with Gasteiger partial charge in [0.15, 0.2) is 0 Å². The lowest BCUT2D eigenvalue weighted by Crippen LogP contribution is -3.20. The zero-order valence-electron chi connectivity index (χ0n) is 27.3. The Morgan fingerprint density at radius 1 is 0.500 bits per heavy atom. The van der Waals surface area contributed by atoms with Crippen LogP contribution in [0.3, 0.4) is 0 Å². The highest BCUT2D eigenvalue weighted by Crippen LogP contribution is 2.34. The SMILES string of the molecule is CC(C)[NH+](C(C)C)C(C)C.CC(C)[NH+](C(C)C)C(C)C.Nc1ccc(-c2ccc(N)cc2S(=O)(=O)[O-])c(S(=O)(=O)[O-])c1. The fraction of sp³-hybridized carbons (Fsp3) is 0.600. The monoisotopic (exact) mass is 630 g/mol. The van der Waals surface area contributed by atoms with Crippen LogP contribution in [0, 0.1) is 0 Å². The van der Waals surface area contributed by atoms with Gasteiger partial charge in [-0.15, -0.1) is 0 Å². The number of hydrogen-bond acceptors (Lipinski definition) is 8. The van der Waals surface area contributed by atoms with Crippen molar-refractivity contribution in [3.63, 3.8) is 0 Å². The van der Waals surface area contributed by atoms with Crippen LogP contribution >= 0.6 is 0 Å². The first kappa shape index (κ1) is 39.8. The van der Waals surface area contributed by atoms with Crippen molar-refractivity contribution < 1.29 is 35.7 Å². The normalized spacial score (nSPS) is 12.4. The predicted molar refractivity (Wildman–Crippen MR) is 169 cm³/mol. The van der Waals surface area contributed by atoms with E-state index in [2.05, 4.69) is 83.1 Å². The van der Waals surface area contributed by atoms with E-state index in [1.807, 2.05) is 0 Å². The van der Waals surface area contributed by atoms with Gasteiger partial charge in [-0.1, -0.05) is 12.1 Å². The predicted octanol–water partition coefficient (Wildman–Crippen LogP) is 2.52. The van der Waals surface area contributed by atoms with Crippen molar-refractivity contribution in [2.24, 2.45) is 0 Å². The molecule has 0 saturated heterocycles. The topological polar surface area (TPSA) is 175 Å². The second-order valence-electron chi connectivity index (χ2n) is 12.3. The van der Waals surface area contributed by atoms with Crippen LogP contribution in [0.25, 0.3) is 11.1 Å². The lowest BCUT2D eigenvalue weighted by Gasteiger charge is -2.31. The maximum Gasteiger partial charge on any atom is 0.125 e. The summed E-state index contributed by atoms with van der Waals surface area (Å²) in [5.74, 6) is 0. The van der Waals surface area contributed by atoms with Gasteiger partial charge < -0.3 is 30.4 Å². The van der Waals surface area contributed by atoms with Gasteiger partial charge in [0.25, 0.3) is 0 Å². The average molecular weight is 631 g/mol. The Kier molecular flexibility index (Phi) is 15.7. The molecule has 0 aliphatic carbocycles. The fourth-order valence-corrected chi connectivity index (χ4v) is 7.39. The van der Waals surface area contributed by atoms with Gasteiger partial charge in [-0.05, 0) is 107 Å². The highest BCUT2D eigenvalue weighted by molar-refractivity contribution is 7.86. The van der Waals surface area contributed by atoms with Crippen LogP contribution in [0.15, 0.2) is 46.2 Å². The van der Waals surface area contributed by atoms with E-state index in [-0.39, 0.29) is 22.5 Å². The van der Waals surface area contributed by atoms with Crippen molar-refractivity contribution in [1.82, 2.24) is 0 Å². The van der Waals surface area contributed by atoms with Gasteiger partial charge in [-0.25, -0.2) is 16.8 Å². The standard InChI is InChI=1S/C12H12N2O6S2.2C9H21N/c13-7-1-3-9(11(5-7)21(15,16)17)10-4-2-8(14)6-12(10)22(18,19)20;2*1-7(2)10(8(3)4)9(5)6/h1-6H,13-14H2,(H,15,16,17)(H,18,19,20);2*7-9H,1-6H3. The van der Waals surface area contributed by atoms with Gasteiger partial charge in [-0.2, -0.15) is 0 Å². The summed E-state index contributed by atoms with van der Waals surface area (Å²) >= 11 is 0. The maximum atomic E-state index is 11.3. The average Bonchev–Trinajstić information content (AvgIpc) is 2.77. The Balaban J connectivity index is 0.000000702. The number of hydrogen-bond donors (Lipinski definition) is 4. The Bertz CT molecular complexity index is 1200. The molecule has 6 N–H and O–H groups in total. The first-order valence-electron chi connectivity index (χ1n) is 14.4. The quantitative estimate of drug-likeness (QED) is 0.241. The highest BCUT2D eigenvalue weighted by Gasteiger charge is 2.21. The molecule has 0 saturated carbocycles. The molecule has 242 valence electrons. The van der Waals surface area contributed by atoms with E-state index in [1.165, 1.54) is 12.1 Å². The molecule has 0 atom stereocenters. The third-order valence-electron chi connectivity index (χ3n) is 6.84. The molecule has 0 aliphatic heterocycles. The summed E-state index contributed by atoms with van der Waals surface area (Å²) in [6.07, 6.45) is 0. The second kappa shape index (κ2) is 16.6. The molecule has 0 aliphatic rings. The second-order valence-corrected chi connectivity index (χ2v) is 15.0. The molecule has 42 heavy (non-hydrogen) atoms. The van der Waals surface area contributed by atoms with Crippen LogP contribution in [0.1, 0.15) is 83.1 Å². The zero-order valence-corrected chi connectivity index (χ0v) is 29.0. The van der Waals surface area contributed by atoms with Crippen LogP contribution < -0.4 is 21.3 Å². The Morgan fingerprint density at radius 3 is 0.857 bits per heavy atom. The third-order valence-corrected chi connectivity index (χ3v) is 8.59. The summed E-state index contributed by atoms with van der Waals surface area (Å²) in [5.41, 5.74) is 10.4. The minimum atomic E-state index is -4.93. The summed E-state index contributed by atoms with van der Waals surface area (Å²) in [6.45, 7) is 27.4. The van der Waals surface area contributed by atoms with Crippen molar-refractivity contribution in [1.29, 1.82) is 0 Å². The Hall–Kier alpha value is -2.22. The van der Waals surface area contributed by atoms with Crippen LogP contribution in [-0.2, 0) is 20.2 Å². The van der Waals surface area contributed by atoms with Crippen LogP contribution in [0.4, 0.5) is 11.4 Å². The van der Waals surface area contributed by atoms with Gasteiger partial charge in [0.05, 0.1) is 46.0 Å². The maximum absolute atomic E-state index is 11.3. The molecule has 0 aromatic heterocycles. The summed E-state index contributed by atoms with van der Waals surface area (Å²) < 4.78 is 68.1. The molecular formula is C30H54N4O6S2. The molecule has 2 rings (SSSR count).